The number of thiazole rings is 1. The third kappa shape index (κ3) is 5.02. The van der Waals surface area contributed by atoms with Crippen LogP contribution >= 0.6 is 11.3 Å². The number of tetrazole rings is 1. The summed E-state index contributed by atoms with van der Waals surface area (Å²) in [6.45, 7) is 2.34. The minimum Gasteiger partial charge on any atom is -0.487 e. The van der Waals surface area contributed by atoms with E-state index in [1.165, 1.54) is 17.7 Å². The molecule has 4 rings (SSSR count). The molecule has 2 aromatic carbocycles. The monoisotopic (exact) mass is 406 g/mol. The summed E-state index contributed by atoms with van der Waals surface area (Å²) in [6, 6.07) is 15.1. The van der Waals surface area contributed by atoms with Gasteiger partial charge in [-0.05, 0) is 53.7 Å². The van der Waals surface area contributed by atoms with E-state index in [0.717, 1.165) is 27.6 Å². The molecule has 0 fully saturated rings. The molecule has 0 aliphatic heterocycles. The summed E-state index contributed by atoms with van der Waals surface area (Å²) in [4.78, 5) is 16.7. The van der Waals surface area contributed by atoms with Crippen LogP contribution in [0.1, 0.15) is 16.3 Å². The van der Waals surface area contributed by atoms with E-state index in [1.807, 2.05) is 60.8 Å². The molecule has 0 atom stereocenters. The zero-order chi connectivity index (χ0) is 20.1. The topological polar surface area (TPSA) is 94.8 Å². The molecule has 0 saturated heterocycles. The van der Waals surface area contributed by atoms with Crippen molar-refractivity contribution in [2.24, 2.45) is 0 Å². The van der Waals surface area contributed by atoms with E-state index in [9.17, 15) is 4.79 Å². The minimum atomic E-state index is -0.0890. The van der Waals surface area contributed by atoms with Crippen molar-refractivity contribution in [3.8, 4) is 11.4 Å². The van der Waals surface area contributed by atoms with Gasteiger partial charge in [0.25, 0.3) is 0 Å². The van der Waals surface area contributed by atoms with Crippen molar-refractivity contribution in [3.05, 3.63) is 76.5 Å². The molecule has 0 aliphatic rings. The molecule has 29 heavy (non-hydrogen) atoms. The summed E-state index contributed by atoms with van der Waals surface area (Å²) < 4.78 is 7.34. The van der Waals surface area contributed by atoms with Crippen LogP contribution in [-0.2, 0) is 17.8 Å². The van der Waals surface area contributed by atoms with Crippen LogP contribution in [0, 0.1) is 6.92 Å². The summed E-state index contributed by atoms with van der Waals surface area (Å²) in [7, 11) is 0. The number of rotatable bonds is 7. The van der Waals surface area contributed by atoms with Gasteiger partial charge in [0.05, 0.1) is 17.8 Å². The normalized spacial score (nSPS) is 10.7. The fourth-order valence-electron chi connectivity index (χ4n) is 2.61. The van der Waals surface area contributed by atoms with Crippen molar-refractivity contribution in [3.63, 3.8) is 0 Å². The molecule has 146 valence electrons. The maximum atomic E-state index is 12.2. The summed E-state index contributed by atoms with van der Waals surface area (Å²) in [6.07, 6.45) is 1.76. The van der Waals surface area contributed by atoms with Crippen LogP contribution in [0.2, 0.25) is 0 Å². The fraction of sp³-hybridized carbons (Fsp3) is 0.150. The summed E-state index contributed by atoms with van der Waals surface area (Å²) in [5.74, 6) is 0.627. The molecule has 8 nitrogen and oxygen atoms in total. The van der Waals surface area contributed by atoms with Crippen LogP contribution in [0.25, 0.3) is 5.69 Å². The van der Waals surface area contributed by atoms with Crippen molar-refractivity contribution in [1.82, 2.24) is 25.2 Å². The van der Waals surface area contributed by atoms with Crippen molar-refractivity contribution in [2.45, 2.75) is 20.0 Å². The van der Waals surface area contributed by atoms with Gasteiger partial charge >= 0.3 is 0 Å². The molecule has 0 spiro atoms. The van der Waals surface area contributed by atoms with Crippen LogP contribution in [0.3, 0.4) is 0 Å². The lowest BCUT2D eigenvalue weighted by Gasteiger charge is -2.05. The molecule has 4 aromatic rings. The van der Waals surface area contributed by atoms with E-state index in [0.29, 0.717) is 12.4 Å². The van der Waals surface area contributed by atoms with Gasteiger partial charge in [-0.1, -0.05) is 17.7 Å². The lowest BCUT2D eigenvalue weighted by molar-refractivity contribution is -0.115. The lowest BCUT2D eigenvalue weighted by Crippen LogP contribution is -2.14. The van der Waals surface area contributed by atoms with Gasteiger partial charge in [-0.3, -0.25) is 4.79 Å². The number of amides is 1. The van der Waals surface area contributed by atoms with Crippen LogP contribution in [-0.4, -0.2) is 31.1 Å². The Morgan fingerprint density at radius 1 is 1.14 bits per heavy atom. The fourth-order valence-corrected chi connectivity index (χ4v) is 3.39. The number of hydrogen-bond acceptors (Lipinski definition) is 7. The Morgan fingerprint density at radius 3 is 2.66 bits per heavy atom. The van der Waals surface area contributed by atoms with E-state index in [-0.39, 0.29) is 12.3 Å². The molecule has 0 unspecified atom stereocenters. The number of carbonyl (C=O) groups is 1. The maximum Gasteiger partial charge on any atom is 0.231 e. The maximum absolute atomic E-state index is 12.2. The minimum absolute atomic E-state index is 0.0890. The molecule has 0 saturated carbocycles. The van der Waals surface area contributed by atoms with Gasteiger partial charge < -0.3 is 10.1 Å². The van der Waals surface area contributed by atoms with Crippen LogP contribution in [0.15, 0.2) is 60.2 Å². The Bertz CT molecular complexity index is 1080. The quantitative estimate of drug-likeness (QED) is 0.506. The van der Waals surface area contributed by atoms with E-state index in [2.05, 4.69) is 25.8 Å². The third-order valence-electron chi connectivity index (χ3n) is 4.08. The number of anilines is 1. The number of hydrogen-bond donors (Lipinski definition) is 1. The molecule has 9 heteroatoms. The zero-order valence-electron chi connectivity index (χ0n) is 15.6. The van der Waals surface area contributed by atoms with Crippen LogP contribution in [0.4, 0.5) is 5.69 Å². The van der Waals surface area contributed by atoms with Crippen molar-refractivity contribution < 1.29 is 9.53 Å². The van der Waals surface area contributed by atoms with E-state index < -0.39 is 0 Å². The van der Waals surface area contributed by atoms with Gasteiger partial charge in [-0.25, -0.2) is 9.67 Å². The largest absolute Gasteiger partial charge is 0.487 e. The third-order valence-corrected chi connectivity index (χ3v) is 4.98. The Labute approximate surface area is 171 Å². The number of ether oxygens (including phenoxy) is 1. The average Bonchev–Trinajstić information content (AvgIpc) is 3.41. The highest BCUT2D eigenvalue weighted by atomic mass is 32.1. The highest BCUT2D eigenvalue weighted by molar-refractivity contribution is 7.09. The average molecular weight is 406 g/mol. The highest BCUT2D eigenvalue weighted by Crippen LogP contribution is 2.18. The first kappa shape index (κ1) is 18.8. The van der Waals surface area contributed by atoms with Gasteiger partial charge in [0.15, 0.2) is 0 Å². The first-order chi connectivity index (χ1) is 14.2. The summed E-state index contributed by atoms with van der Waals surface area (Å²) >= 11 is 1.45. The van der Waals surface area contributed by atoms with Gasteiger partial charge in [0.2, 0.25) is 5.91 Å². The first-order valence-corrected chi connectivity index (χ1v) is 9.80. The lowest BCUT2D eigenvalue weighted by atomic mass is 10.2. The predicted octanol–water partition coefficient (Wildman–Crippen LogP) is 3.19. The number of nitrogens with zero attached hydrogens (tertiary/aromatic N) is 5. The van der Waals surface area contributed by atoms with Gasteiger partial charge in [0, 0.05) is 11.1 Å². The van der Waals surface area contributed by atoms with Crippen molar-refractivity contribution in [2.75, 3.05) is 5.32 Å². The second-order valence-electron chi connectivity index (χ2n) is 6.36. The summed E-state index contributed by atoms with van der Waals surface area (Å²) in [5, 5.41) is 16.6. The second-order valence-corrected chi connectivity index (χ2v) is 7.30. The Balaban J connectivity index is 1.29. The first-order valence-electron chi connectivity index (χ1n) is 8.92. The highest BCUT2D eigenvalue weighted by Gasteiger charge is 2.09. The molecule has 2 aromatic heterocycles. The zero-order valence-corrected chi connectivity index (χ0v) is 16.5. The van der Waals surface area contributed by atoms with Gasteiger partial charge in [-0.2, -0.15) is 0 Å². The molecule has 2 heterocycles. The summed E-state index contributed by atoms with van der Waals surface area (Å²) in [5.41, 5.74) is 3.57. The molecule has 0 aliphatic carbocycles. The number of nitrogens with one attached hydrogen (secondary N) is 1. The van der Waals surface area contributed by atoms with Gasteiger partial charge in [-0.15, -0.1) is 16.4 Å². The van der Waals surface area contributed by atoms with E-state index in [1.54, 1.807) is 4.68 Å². The Morgan fingerprint density at radius 2 is 1.93 bits per heavy atom. The molecular weight excluding hydrogens is 388 g/mol. The molecule has 0 radical (unpaired) electrons. The van der Waals surface area contributed by atoms with Gasteiger partial charge in [0.1, 0.15) is 23.7 Å². The van der Waals surface area contributed by atoms with Crippen molar-refractivity contribution >= 4 is 22.9 Å². The SMILES string of the molecule is Cc1ccc(NC(=O)Cc2nc(COc3ccc(-n4cnnn4)cc3)cs2)cc1. The Hall–Kier alpha value is -3.59. The predicted molar refractivity (Wildman–Crippen MR) is 109 cm³/mol. The molecule has 1 amide bonds. The second kappa shape index (κ2) is 8.61. The van der Waals surface area contributed by atoms with E-state index >= 15 is 0 Å². The number of benzene rings is 2. The Kier molecular flexibility index (Phi) is 5.57. The number of aromatic nitrogens is 5. The van der Waals surface area contributed by atoms with E-state index in [4.69, 9.17) is 4.74 Å². The molecule has 1 N–H and O–H groups in total. The standard InChI is InChI=1S/C20H18N6O2S/c1-14-2-4-15(5-3-14)22-19(27)10-20-23-16(12-29-20)11-28-18-8-6-17(7-9-18)26-13-21-24-25-26/h2-9,12-13H,10-11H2,1H3,(H,22,27). The molecule has 0 bridgehead atoms. The van der Waals surface area contributed by atoms with Crippen molar-refractivity contribution in [1.29, 1.82) is 0 Å². The smallest absolute Gasteiger partial charge is 0.231 e. The number of aryl methyl sites for hydroxylation is 1. The van der Waals surface area contributed by atoms with Crippen LogP contribution < -0.4 is 10.1 Å². The number of carbonyl (C=O) groups excluding carboxylic acids is 1. The molecular formula is C20H18N6O2S. The van der Waals surface area contributed by atoms with Crippen LogP contribution in [0.5, 0.6) is 5.75 Å².